The molecule has 4 aliphatic rings. The lowest BCUT2D eigenvalue weighted by Crippen LogP contribution is -2.57. The SMILES string of the molecule is O=C(O)C1C(Cl)CCC(Cl)C1C(=O)NC1CCC(OCC(COOC2CCC(C(NO)C3C(Cl)CCC(Cl)C3C(=O)O)CC2)(C(F)(F)F)C(F)(F)F)CC1. The molecule has 4 aliphatic carbocycles. The highest BCUT2D eigenvalue weighted by Crippen LogP contribution is 2.52. The molecule has 1 amide bonds. The second kappa shape index (κ2) is 19.1. The average molecular weight is 871 g/mol. The molecular weight excluding hydrogens is 824 g/mol. The predicted molar refractivity (Wildman–Crippen MR) is 182 cm³/mol. The van der Waals surface area contributed by atoms with Gasteiger partial charge in [-0.25, -0.2) is 15.3 Å². The summed E-state index contributed by atoms with van der Waals surface area (Å²) in [5.41, 5.74) is -2.26. The number of carboxylic acid groups (broad SMARTS) is 2. The van der Waals surface area contributed by atoms with Crippen molar-refractivity contribution < 1.29 is 70.7 Å². The van der Waals surface area contributed by atoms with E-state index in [0.29, 0.717) is 25.7 Å². The number of amides is 1. The van der Waals surface area contributed by atoms with E-state index in [1.807, 2.05) is 0 Å². The fourth-order valence-electron chi connectivity index (χ4n) is 8.43. The van der Waals surface area contributed by atoms with Crippen molar-refractivity contribution in [3.05, 3.63) is 0 Å². The van der Waals surface area contributed by atoms with Gasteiger partial charge in [0.05, 0.1) is 36.6 Å². The van der Waals surface area contributed by atoms with Gasteiger partial charge in [0.1, 0.15) is 6.61 Å². The van der Waals surface area contributed by atoms with Crippen LogP contribution in [0.25, 0.3) is 0 Å². The Kier molecular flexibility index (Phi) is 16.2. The van der Waals surface area contributed by atoms with E-state index in [1.165, 1.54) is 0 Å². The van der Waals surface area contributed by atoms with Gasteiger partial charge < -0.3 is 25.5 Å². The molecule has 4 saturated carbocycles. The number of carboxylic acids is 2. The van der Waals surface area contributed by atoms with Gasteiger partial charge in [-0.2, -0.15) is 26.3 Å². The topological polar surface area (TPSA) is 164 Å². The first-order valence-electron chi connectivity index (χ1n) is 18.0. The molecule has 0 radical (unpaired) electrons. The van der Waals surface area contributed by atoms with Gasteiger partial charge in [0.2, 0.25) is 11.3 Å². The fourth-order valence-corrected chi connectivity index (χ4v) is 10.1. The summed E-state index contributed by atoms with van der Waals surface area (Å²) in [6, 6.07) is -1.33. The van der Waals surface area contributed by atoms with Crippen molar-refractivity contribution in [1.29, 1.82) is 0 Å². The molecule has 5 N–H and O–H groups in total. The molecule has 4 fully saturated rings. The zero-order chi connectivity index (χ0) is 40.2. The van der Waals surface area contributed by atoms with Crippen LogP contribution in [0.3, 0.4) is 0 Å². The number of ether oxygens (including phenoxy) is 1. The van der Waals surface area contributed by atoms with Crippen LogP contribution in [0.5, 0.6) is 0 Å². The average Bonchev–Trinajstić information content (AvgIpc) is 3.08. The van der Waals surface area contributed by atoms with Crippen LogP contribution in [-0.4, -0.2) is 105 Å². The Morgan fingerprint density at radius 3 is 1.63 bits per heavy atom. The minimum Gasteiger partial charge on any atom is -0.481 e. The van der Waals surface area contributed by atoms with E-state index in [0.717, 1.165) is 0 Å². The van der Waals surface area contributed by atoms with Gasteiger partial charge in [0, 0.05) is 39.5 Å². The van der Waals surface area contributed by atoms with Gasteiger partial charge in [-0.1, -0.05) is 0 Å². The Labute approximate surface area is 328 Å². The normalized spacial score (nSPS) is 36.3. The maximum Gasteiger partial charge on any atom is 0.407 e. The van der Waals surface area contributed by atoms with Crippen LogP contribution in [-0.2, 0) is 28.9 Å². The zero-order valence-corrected chi connectivity index (χ0v) is 32.0. The molecule has 0 aromatic rings. The second-order valence-electron chi connectivity index (χ2n) is 15.0. The molecule has 312 valence electrons. The second-order valence-corrected chi connectivity index (χ2v) is 17.2. The van der Waals surface area contributed by atoms with Crippen molar-refractivity contribution in [1.82, 2.24) is 10.8 Å². The molecule has 0 aromatic heterocycles. The van der Waals surface area contributed by atoms with Gasteiger partial charge in [-0.3, -0.25) is 14.4 Å². The lowest BCUT2D eigenvalue weighted by molar-refractivity contribution is -0.415. The molecule has 0 spiro atoms. The van der Waals surface area contributed by atoms with Gasteiger partial charge in [0.25, 0.3) is 0 Å². The van der Waals surface area contributed by atoms with E-state index in [4.69, 9.17) is 60.9 Å². The summed E-state index contributed by atoms with van der Waals surface area (Å²) in [5.74, 6) is -7.58. The number of halogens is 10. The van der Waals surface area contributed by atoms with Crippen molar-refractivity contribution in [2.75, 3.05) is 13.2 Å². The molecule has 0 bridgehead atoms. The van der Waals surface area contributed by atoms with Gasteiger partial charge in [0.15, 0.2) is 0 Å². The minimum atomic E-state index is -5.85. The number of hydrogen-bond acceptors (Lipinski definition) is 8. The van der Waals surface area contributed by atoms with Crippen molar-refractivity contribution in [2.24, 2.45) is 35.0 Å². The standard InChI is InChI=1S/C33H46Cl4F6N2O9/c34-19-9-11-21(36)25(29(47)48)23(19)27(45-51)15-1-5-18(6-2-15)54-53-14-31(32(38,39)40,33(41,42)43)13-52-17-7-3-16(4-8-17)44-28(46)24-20(35)10-12-22(37)26(24)30(49)50/h15-27,45,51H,1-14H2,(H,44,46)(H,47,48)(H,49,50). The molecular formula is C33H46Cl4F6N2O9. The maximum atomic E-state index is 14.3. The lowest BCUT2D eigenvalue weighted by atomic mass is 9.68. The highest BCUT2D eigenvalue weighted by molar-refractivity contribution is 6.25. The van der Waals surface area contributed by atoms with E-state index < -0.39 is 118 Å². The molecule has 0 saturated heterocycles. The fraction of sp³-hybridized carbons (Fsp3) is 0.909. The summed E-state index contributed by atoms with van der Waals surface area (Å²) in [7, 11) is 0. The van der Waals surface area contributed by atoms with E-state index in [-0.39, 0.29) is 57.3 Å². The molecule has 21 heteroatoms. The highest BCUT2D eigenvalue weighted by Gasteiger charge is 2.72. The number of aliphatic carboxylic acids is 2. The van der Waals surface area contributed by atoms with Crippen LogP contribution in [0, 0.1) is 35.0 Å². The lowest BCUT2D eigenvalue weighted by Gasteiger charge is -2.44. The van der Waals surface area contributed by atoms with Crippen LogP contribution in [0.4, 0.5) is 26.3 Å². The molecule has 0 aromatic carbocycles. The zero-order valence-electron chi connectivity index (χ0n) is 29.0. The third-order valence-corrected chi connectivity index (χ3v) is 13.6. The first-order chi connectivity index (χ1) is 25.2. The van der Waals surface area contributed by atoms with Crippen LogP contribution in [0.15, 0.2) is 0 Å². The Bertz CT molecular complexity index is 1260. The molecule has 0 heterocycles. The third kappa shape index (κ3) is 10.5. The molecule has 9 atom stereocenters. The number of hydrogen-bond donors (Lipinski definition) is 5. The van der Waals surface area contributed by atoms with E-state index in [9.17, 15) is 56.1 Å². The largest absolute Gasteiger partial charge is 0.481 e. The number of alkyl halides is 10. The maximum absolute atomic E-state index is 14.3. The van der Waals surface area contributed by atoms with Crippen LogP contribution < -0.4 is 10.8 Å². The Morgan fingerprint density at radius 2 is 1.13 bits per heavy atom. The monoisotopic (exact) mass is 868 g/mol. The molecule has 54 heavy (non-hydrogen) atoms. The van der Waals surface area contributed by atoms with Crippen molar-refractivity contribution in [3.63, 3.8) is 0 Å². The molecule has 0 aliphatic heterocycles. The molecule has 9 unspecified atom stereocenters. The Hall–Kier alpha value is -1.05. The van der Waals surface area contributed by atoms with Gasteiger partial charge in [-0.05, 0) is 83.0 Å². The summed E-state index contributed by atoms with van der Waals surface area (Å²) in [5, 5.41) is 29.2. The Balaban J connectivity index is 1.30. The van der Waals surface area contributed by atoms with Crippen LogP contribution in [0.2, 0.25) is 0 Å². The summed E-state index contributed by atoms with van der Waals surface area (Å²) >= 11 is 25.3. The number of rotatable bonds is 14. The number of carbonyl (C=O) groups is 3. The van der Waals surface area contributed by atoms with Crippen molar-refractivity contribution in [3.8, 4) is 0 Å². The van der Waals surface area contributed by atoms with Crippen LogP contribution in [0.1, 0.15) is 77.0 Å². The minimum absolute atomic E-state index is 0.0145. The summed E-state index contributed by atoms with van der Waals surface area (Å²) in [6.45, 7) is -3.74. The first kappa shape index (κ1) is 45.6. The smallest absolute Gasteiger partial charge is 0.407 e. The Morgan fingerprint density at radius 1 is 0.648 bits per heavy atom. The molecule has 11 nitrogen and oxygen atoms in total. The van der Waals surface area contributed by atoms with Gasteiger partial charge >= 0.3 is 24.3 Å². The van der Waals surface area contributed by atoms with Crippen molar-refractivity contribution in [2.45, 2.75) is 135 Å². The summed E-state index contributed by atoms with van der Waals surface area (Å²) < 4.78 is 91.0. The number of nitrogens with one attached hydrogen (secondary N) is 2. The predicted octanol–water partition coefficient (Wildman–Crippen LogP) is 7.05. The van der Waals surface area contributed by atoms with Crippen molar-refractivity contribution >= 4 is 64.2 Å². The summed E-state index contributed by atoms with van der Waals surface area (Å²) in [4.78, 5) is 46.6. The van der Waals surface area contributed by atoms with E-state index in [2.05, 4.69) is 10.8 Å². The van der Waals surface area contributed by atoms with E-state index >= 15 is 0 Å². The van der Waals surface area contributed by atoms with Crippen LogP contribution >= 0.6 is 46.4 Å². The number of carbonyl (C=O) groups excluding carboxylic acids is 1. The van der Waals surface area contributed by atoms with E-state index in [1.54, 1.807) is 0 Å². The third-order valence-electron chi connectivity index (χ3n) is 11.7. The highest BCUT2D eigenvalue weighted by atomic mass is 35.5. The quantitative estimate of drug-likeness (QED) is 0.0530. The molecule has 4 rings (SSSR count). The van der Waals surface area contributed by atoms with Gasteiger partial charge in [-0.15, -0.1) is 46.4 Å². The number of hydroxylamine groups is 1. The summed E-state index contributed by atoms with van der Waals surface area (Å²) in [6.07, 6.45) is -11.1. The first-order valence-corrected chi connectivity index (χ1v) is 19.7.